The number of rotatable bonds is 0. The van der Waals surface area contributed by atoms with Crippen molar-refractivity contribution in [3.63, 3.8) is 0 Å². The first-order chi connectivity index (χ1) is 4.29. The van der Waals surface area contributed by atoms with Crippen molar-refractivity contribution in [3.8, 4) is 0 Å². The summed E-state index contributed by atoms with van der Waals surface area (Å²) in [6.07, 6.45) is 3.92. The summed E-state index contributed by atoms with van der Waals surface area (Å²) in [4.78, 5) is 0. The van der Waals surface area contributed by atoms with Gasteiger partial charge in [0.15, 0.2) is 0 Å². The van der Waals surface area contributed by atoms with Crippen molar-refractivity contribution >= 4 is 0 Å². The van der Waals surface area contributed by atoms with Crippen LogP contribution in [0.4, 0.5) is 0 Å². The highest BCUT2D eigenvalue weighted by Gasteiger charge is 2.48. The summed E-state index contributed by atoms with van der Waals surface area (Å²) in [5, 5.41) is 9.13. The lowest BCUT2D eigenvalue weighted by Crippen LogP contribution is -2.21. The molecule has 1 fully saturated rings. The van der Waals surface area contributed by atoms with E-state index in [4.69, 9.17) is 9.84 Å². The third kappa shape index (κ3) is 0.705. The largest absolute Gasteiger partial charge is 0.386 e. The summed E-state index contributed by atoms with van der Waals surface area (Å²) in [6, 6.07) is 0. The Bertz CT molecular complexity index is 137. The molecule has 0 amide bonds. The van der Waals surface area contributed by atoms with Crippen molar-refractivity contribution < 1.29 is 9.84 Å². The fourth-order valence-corrected chi connectivity index (χ4v) is 1.34. The summed E-state index contributed by atoms with van der Waals surface area (Å²) in [7, 11) is 0. The van der Waals surface area contributed by atoms with Crippen LogP contribution in [0.15, 0.2) is 12.2 Å². The van der Waals surface area contributed by atoms with Gasteiger partial charge < -0.3 is 9.84 Å². The smallest absolute Gasteiger partial charge is 0.114 e. The molecule has 0 spiro atoms. The summed E-state index contributed by atoms with van der Waals surface area (Å²) in [5.74, 6) is 0.499. The van der Waals surface area contributed by atoms with Gasteiger partial charge in [-0.25, -0.2) is 0 Å². The lowest BCUT2D eigenvalue weighted by molar-refractivity contribution is 0.178. The summed E-state index contributed by atoms with van der Waals surface area (Å²) in [5.41, 5.74) is 0. The molecule has 0 saturated carbocycles. The van der Waals surface area contributed by atoms with E-state index in [2.05, 4.69) is 6.92 Å². The lowest BCUT2D eigenvalue weighted by Gasteiger charge is -2.09. The Morgan fingerprint density at radius 3 is 2.78 bits per heavy atom. The second-order valence-corrected chi connectivity index (χ2v) is 2.80. The van der Waals surface area contributed by atoms with Gasteiger partial charge in [0.2, 0.25) is 0 Å². The molecule has 2 rings (SSSR count). The molecule has 4 atom stereocenters. The maximum absolute atomic E-state index is 9.13. The minimum Gasteiger partial charge on any atom is -0.386 e. The van der Waals surface area contributed by atoms with Crippen molar-refractivity contribution in [3.05, 3.63) is 12.2 Å². The Labute approximate surface area is 54.1 Å². The van der Waals surface area contributed by atoms with Gasteiger partial charge in [0, 0.05) is 5.92 Å². The SMILES string of the molecule is C[C@@H]1C=C[C@@H](O)[C@@H]2O[C@@H]21. The molecule has 1 heterocycles. The summed E-state index contributed by atoms with van der Waals surface area (Å²) < 4.78 is 5.19. The van der Waals surface area contributed by atoms with Crippen LogP contribution in [0.25, 0.3) is 0 Å². The van der Waals surface area contributed by atoms with E-state index in [0.29, 0.717) is 12.0 Å². The van der Waals surface area contributed by atoms with Crippen LogP contribution in [0.5, 0.6) is 0 Å². The Morgan fingerprint density at radius 1 is 1.33 bits per heavy atom. The fourth-order valence-electron chi connectivity index (χ4n) is 1.34. The van der Waals surface area contributed by atoms with E-state index in [0.717, 1.165) is 0 Å². The summed E-state index contributed by atoms with van der Waals surface area (Å²) in [6.45, 7) is 2.10. The molecule has 0 aromatic rings. The Hall–Kier alpha value is -0.340. The second kappa shape index (κ2) is 1.58. The molecule has 9 heavy (non-hydrogen) atoms. The van der Waals surface area contributed by atoms with Gasteiger partial charge >= 0.3 is 0 Å². The number of ether oxygens (including phenoxy) is 1. The van der Waals surface area contributed by atoms with Crippen molar-refractivity contribution in [2.24, 2.45) is 5.92 Å². The van der Waals surface area contributed by atoms with Gasteiger partial charge in [-0.1, -0.05) is 19.1 Å². The van der Waals surface area contributed by atoms with E-state index in [1.807, 2.05) is 12.2 Å². The molecule has 2 heteroatoms. The van der Waals surface area contributed by atoms with E-state index < -0.39 is 0 Å². The van der Waals surface area contributed by atoms with Gasteiger partial charge in [-0.15, -0.1) is 0 Å². The first kappa shape index (κ1) is 5.45. The van der Waals surface area contributed by atoms with E-state index >= 15 is 0 Å². The van der Waals surface area contributed by atoms with Crippen LogP contribution in [0, 0.1) is 5.92 Å². The number of hydrogen-bond donors (Lipinski definition) is 1. The topological polar surface area (TPSA) is 32.8 Å². The Morgan fingerprint density at radius 2 is 2.11 bits per heavy atom. The van der Waals surface area contributed by atoms with Crippen molar-refractivity contribution in [1.29, 1.82) is 0 Å². The van der Waals surface area contributed by atoms with Gasteiger partial charge in [0.05, 0.1) is 6.10 Å². The molecule has 0 aromatic heterocycles. The predicted octanol–water partition coefficient (Wildman–Crippen LogP) is 0.321. The number of epoxide rings is 1. The van der Waals surface area contributed by atoms with E-state index in [1.165, 1.54) is 0 Å². The van der Waals surface area contributed by atoms with Crippen LogP contribution in [-0.2, 0) is 4.74 Å². The molecule has 2 nitrogen and oxygen atoms in total. The molecule has 0 unspecified atom stereocenters. The summed E-state index contributed by atoms with van der Waals surface area (Å²) >= 11 is 0. The molecule has 0 bridgehead atoms. The van der Waals surface area contributed by atoms with E-state index in [1.54, 1.807) is 0 Å². The molecule has 1 saturated heterocycles. The molecule has 0 radical (unpaired) electrons. The number of fused-ring (bicyclic) bond motifs is 1. The van der Waals surface area contributed by atoms with Crippen LogP contribution in [0.2, 0.25) is 0 Å². The maximum atomic E-state index is 9.13. The number of aliphatic hydroxyl groups is 1. The average molecular weight is 126 g/mol. The monoisotopic (exact) mass is 126 g/mol. The molecular weight excluding hydrogens is 116 g/mol. The Balaban J connectivity index is 2.15. The highest BCUT2D eigenvalue weighted by atomic mass is 16.6. The van der Waals surface area contributed by atoms with Crippen LogP contribution in [0.1, 0.15) is 6.92 Å². The maximum Gasteiger partial charge on any atom is 0.114 e. The molecule has 50 valence electrons. The average Bonchev–Trinajstić information content (AvgIpc) is 2.57. The van der Waals surface area contributed by atoms with Crippen molar-refractivity contribution in [1.82, 2.24) is 0 Å². The van der Waals surface area contributed by atoms with Gasteiger partial charge in [0.1, 0.15) is 12.2 Å². The van der Waals surface area contributed by atoms with Gasteiger partial charge in [0.25, 0.3) is 0 Å². The Kier molecular flexibility index (Phi) is 0.957. The predicted molar refractivity (Wildman–Crippen MR) is 33.0 cm³/mol. The van der Waals surface area contributed by atoms with Crippen LogP contribution in [-0.4, -0.2) is 23.4 Å². The number of hydrogen-bond acceptors (Lipinski definition) is 2. The van der Waals surface area contributed by atoms with Crippen LogP contribution in [0.3, 0.4) is 0 Å². The molecule has 1 aliphatic heterocycles. The minimum absolute atomic E-state index is 0.116. The molecule has 1 N–H and O–H groups in total. The molecular formula is C7H10O2. The first-order valence-corrected chi connectivity index (χ1v) is 3.31. The normalized spacial score (nSPS) is 54.9. The molecule has 1 aliphatic carbocycles. The second-order valence-electron chi connectivity index (χ2n) is 2.80. The zero-order valence-corrected chi connectivity index (χ0v) is 5.32. The van der Waals surface area contributed by atoms with Crippen molar-refractivity contribution in [2.45, 2.75) is 25.2 Å². The highest BCUT2D eigenvalue weighted by Crippen LogP contribution is 2.36. The minimum atomic E-state index is -0.341. The highest BCUT2D eigenvalue weighted by molar-refractivity contribution is 5.13. The number of aliphatic hydroxyl groups excluding tert-OH is 1. The quantitative estimate of drug-likeness (QED) is 0.374. The fraction of sp³-hybridized carbons (Fsp3) is 0.714. The van der Waals surface area contributed by atoms with Crippen LogP contribution < -0.4 is 0 Å². The molecule has 0 aromatic carbocycles. The van der Waals surface area contributed by atoms with Crippen molar-refractivity contribution in [2.75, 3.05) is 0 Å². The zero-order valence-electron chi connectivity index (χ0n) is 5.32. The first-order valence-electron chi connectivity index (χ1n) is 3.31. The zero-order chi connectivity index (χ0) is 6.43. The van der Waals surface area contributed by atoms with Crippen LogP contribution >= 0.6 is 0 Å². The van der Waals surface area contributed by atoms with E-state index in [9.17, 15) is 0 Å². The standard InChI is InChI=1S/C7H10O2/c1-4-2-3-5(8)7-6(4)9-7/h2-8H,1H3/t4-,5-,6-,7+/m1/s1. The third-order valence-corrected chi connectivity index (χ3v) is 2.03. The van der Waals surface area contributed by atoms with Gasteiger partial charge in [-0.2, -0.15) is 0 Å². The molecule has 2 aliphatic rings. The van der Waals surface area contributed by atoms with Gasteiger partial charge in [-0.05, 0) is 0 Å². The lowest BCUT2D eigenvalue weighted by atomic mass is 9.96. The van der Waals surface area contributed by atoms with Gasteiger partial charge in [-0.3, -0.25) is 0 Å². The third-order valence-electron chi connectivity index (χ3n) is 2.03. The van der Waals surface area contributed by atoms with E-state index in [-0.39, 0.29) is 12.2 Å².